The number of rotatable bonds is 0. The molecule has 1 fully saturated rings. The Morgan fingerprint density at radius 3 is 1.53 bits per heavy atom. The Kier molecular flexibility index (Phi) is 4.03. The van der Waals surface area contributed by atoms with Crippen LogP contribution in [0.4, 0.5) is 26.3 Å². The normalized spacial score (nSPS) is 22.0. The van der Waals surface area contributed by atoms with Crippen LogP contribution in [0.5, 0.6) is 0 Å². The van der Waals surface area contributed by atoms with E-state index in [1.807, 2.05) is 0 Å². The molecular formula is C7H11F6NO. The van der Waals surface area contributed by atoms with Crippen molar-refractivity contribution in [2.75, 3.05) is 6.54 Å². The lowest BCUT2D eigenvalue weighted by atomic mass is 9.87. The molecule has 0 spiro atoms. The minimum Gasteiger partial charge on any atom is -0.412 e. The molecule has 0 bridgehead atoms. The third-order valence-corrected chi connectivity index (χ3v) is 2.37. The van der Waals surface area contributed by atoms with Gasteiger partial charge in [-0.2, -0.15) is 26.3 Å². The van der Waals surface area contributed by atoms with Gasteiger partial charge in [0.15, 0.2) is 0 Å². The van der Waals surface area contributed by atoms with Crippen molar-refractivity contribution >= 4 is 0 Å². The van der Waals surface area contributed by atoms with Gasteiger partial charge in [0, 0.05) is 0 Å². The van der Waals surface area contributed by atoms with Gasteiger partial charge in [-0.05, 0) is 25.8 Å². The van der Waals surface area contributed by atoms with Crippen LogP contribution in [0.25, 0.3) is 0 Å². The summed E-state index contributed by atoms with van der Waals surface area (Å²) in [6.07, 6.45) is -11.2. The fourth-order valence-corrected chi connectivity index (χ4v) is 1.55. The molecule has 1 saturated heterocycles. The number of hydrogen-bond donors (Lipinski definition) is 1. The Morgan fingerprint density at radius 2 is 1.33 bits per heavy atom. The second-order valence-electron chi connectivity index (χ2n) is 3.28. The second-order valence-corrected chi connectivity index (χ2v) is 3.28. The lowest BCUT2D eigenvalue weighted by Crippen LogP contribution is -2.67. The van der Waals surface area contributed by atoms with Crippen molar-refractivity contribution in [3.8, 4) is 0 Å². The third kappa shape index (κ3) is 2.36. The number of piperidine rings is 1. The van der Waals surface area contributed by atoms with E-state index < -0.39 is 24.3 Å². The minimum absolute atomic E-state index is 0. The monoisotopic (exact) mass is 239 g/mol. The summed E-state index contributed by atoms with van der Waals surface area (Å²) in [6.45, 7) is -0.251. The molecule has 0 aromatic heterocycles. The van der Waals surface area contributed by atoms with Crippen LogP contribution < -0.4 is 5.32 Å². The Hall–Kier alpha value is -0.500. The molecule has 3 N–H and O–H groups in total. The smallest absolute Gasteiger partial charge is 0.412 e. The van der Waals surface area contributed by atoms with Crippen molar-refractivity contribution in [2.24, 2.45) is 0 Å². The first-order valence-corrected chi connectivity index (χ1v) is 4.09. The Morgan fingerprint density at radius 1 is 0.867 bits per heavy atom. The van der Waals surface area contributed by atoms with Gasteiger partial charge in [0.25, 0.3) is 0 Å². The van der Waals surface area contributed by atoms with Gasteiger partial charge < -0.3 is 5.48 Å². The van der Waals surface area contributed by atoms with Gasteiger partial charge in [-0.25, -0.2) is 0 Å². The zero-order valence-electron chi connectivity index (χ0n) is 7.60. The van der Waals surface area contributed by atoms with E-state index in [0.29, 0.717) is 6.42 Å². The summed E-state index contributed by atoms with van der Waals surface area (Å²) in [5.74, 6) is 0. The van der Waals surface area contributed by atoms with Crippen LogP contribution in [-0.2, 0) is 0 Å². The van der Waals surface area contributed by atoms with Gasteiger partial charge in [-0.15, -0.1) is 0 Å². The van der Waals surface area contributed by atoms with Gasteiger partial charge in [0.1, 0.15) is 0 Å². The molecule has 0 aliphatic carbocycles. The fraction of sp³-hybridized carbons (Fsp3) is 1.00. The Labute approximate surface area is 81.9 Å². The van der Waals surface area contributed by atoms with Crippen LogP contribution in [0, 0.1) is 0 Å². The van der Waals surface area contributed by atoms with Crippen LogP contribution in [-0.4, -0.2) is 29.9 Å². The molecule has 1 aliphatic rings. The average molecular weight is 239 g/mol. The first kappa shape index (κ1) is 14.5. The van der Waals surface area contributed by atoms with Gasteiger partial charge >= 0.3 is 12.4 Å². The third-order valence-electron chi connectivity index (χ3n) is 2.37. The topological polar surface area (TPSA) is 43.5 Å². The van der Waals surface area contributed by atoms with Gasteiger partial charge in [-0.1, -0.05) is 0 Å². The number of alkyl halides is 6. The predicted octanol–water partition coefficient (Wildman–Crippen LogP) is 1.80. The molecule has 1 rings (SSSR count). The fourth-order valence-electron chi connectivity index (χ4n) is 1.55. The zero-order chi connectivity index (χ0) is 11.0. The number of halogens is 6. The highest BCUT2D eigenvalue weighted by Crippen LogP contribution is 2.47. The summed E-state index contributed by atoms with van der Waals surface area (Å²) in [5.41, 5.74) is -3.70. The summed E-state index contributed by atoms with van der Waals surface area (Å²) < 4.78 is 73.9. The van der Waals surface area contributed by atoms with E-state index in [1.165, 1.54) is 0 Å². The van der Waals surface area contributed by atoms with E-state index in [4.69, 9.17) is 0 Å². The molecule has 0 aromatic carbocycles. The summed E-state index contributed by atoms with van der Waals surface area (Å²) in [6, 6.07) is 0. The lowest BCUT2D eigenvalue weighted by Gasteiger charge is -2.40. The van der Waals surface area contributed by atoms with E-state index in [9.17, 15) is 26.3 Å². The highest BCUT2D eigenvalue weighted by molar-refractivity contribution is 5.03. The molecule has 92 valence electrons. The van der Waals surface area contributed by atoms with Gasteiger partial charge in [0.2, 0.25) is 5.54 Å². The highest BCUT2D eigenvalue weighted by Gasteiger charge is 2.70. The van der Waals surface area contributed by atoms with Crippen molar-refractivity contribution < 1.29 is 31.8 Å². The number of hydrogen-bond acceptors (Lipinski definition) is 1. The van der Waals surface area contributed by atoms with Crippen molar-refractivity contribution in [1.29, 1.82) is 0 Å². The van der Waals surface area contributed by atoms with Crippen molar-refractivity contribution in [3.63, 3.8) is 0 Å². The first-order valence-electron chi connectivity index (χ1n) is 4.09. The molecule has 0 radical (unpaired) electrons. The molecule has 0 aromatic rings. The largest absolute Gasteiger partial charge is 0.415 e. The van der Waals surface area contributed by atoms with Gasteiger partial charge in [-0.3, -0.25) is 5.32 Å². The maximum absolute atomic E-state index is 12.3. The Balaban J connectivity index is 0.00000196. The predicted molar refractivity (Wildman–Crippen MR) is 40.3 cm³/mol. The van der Waals surface area contributed by atoms with E-state index in [1.54, 1.807) is 5.32 Å². The lowest BCUT2D eigenvalue weighted by molar-refractivity contribution is -0.312. The standard InChI is InChI=1S/C7H9F6N.H2O/c8-6(9,10)5(7(11,12)13)3-1-2-4-14-5;/h14H,1-4H2;1H2. The zero-order valence-corrected chi connectivity index (χ0v) is 7.60. The van der Waals surface area contributed by atoms with Crippen LogP contribution in [0.15, 0.2) is 0 Å². The average Bonchev–Trinajstić information content (AvgIpc) is 2.02. The van der Waals surface area contributed by atoms with Crippen LogP contribution in [0.3, 0.4) is 0 Å². The molecule has 2 nitrogen and oxygen atoms in total. The molecule has 15 heavy (non-hydrogen) atoms. The van der Waals surface area contributed by atoms with Crippen LogP contribution in [0.1, 0.15) is 19.3 Å². The molecule has 8 heteroatoms. The van der Waals surface area contributed by atoms with E-state index in [-0.39, 0.29) is 18.4 Å². The SMILES string of the molecule is FC(F)(F)C1(C(F)(F)F)CCCCN1.O. The molecule has 0 atom stereocenters. The van der Waals surface area contributed by atoms with E-state index in [0.717, 1.165) is 0 Å². The van der Waals surface area contributed by atoms with Crippen LogP contribution in [0.2, 0.25) is 0 Å². The van der Waals surface area contributed by atoms with Crippen molar-refractivity contribution in [1.82, 2.24) is 5.32 Å². The van der Waals surface area contributed by atoms with E-state index in [2.05, 4.69) is 0 Å². The van der Waals surface area contributed by atoms with E-state index >= 15 is 0 Å². The summed E-state index contributed by atoms with van der Waals surface area (Å²) >= 11 is 0. The van der Waals surface area contributed by atoms with Crippen molar-refractivity contribution in [3.05, 3.63) is 0 Å². The Bertz CT molecular complexity index is 189. The summed E-state index contributed by atoms with van der Waals surface area (Å²) in [4.78, 5) is 0. The molecule has 1 heterocycles. The summed E-state index contributed by atoms with van der Waals surface area (Å²) in [7, 11) is 0. The second kappa shape index (κ2) is 4.17. The molecule has 1 aliphatic heterocycles. The minimum atomic E-state index is -5.29. The maximum atomic E-state index is 12.3. The van der Waals surface area contributed by atoms with Crippen LogP contribution >= 0.6 is 0 Å². The molecule has 0 saturated carbocycles. The molecule has 0 amide bonds. The quantitative estimate of drug-likeness (QED) is 0.643. The highest BCUT2D eigenvalue weighted by atomic mass is 19.4. The molecular weight excluding hydrogens is 228 g/mol. The maximum Gasteiger partial charge on any atom is 0.415 e. The first-order chi connectivity index (χ1) is 6.21. The number of nitrogens with one attached hydrogen (secondary N) is 1. The van der Waals surface area contributed by atoms with Gasteiger partial charge in [0.05, 0.1) is 0 Å². The summed E-state index contributed by atoms with van der Waals surface area (Å²) in [5, 5.41) is 1.56. The van der Waals surface area contributed by atoms with Crippen molar-refractivity contribution in [2.45, 2.75) is 37.2 Å². The molecule has 0 unspecified atom stereocenters.